The van der Waals surface area contributed by atoms with Crippen molar-refractivity contribution in [1.82, 2.24) is 14.6 Å². The average molecular weight is 400 g/mol. The molecule has 1 aliphatic carbocycles. The Morgan fingerprint density at radius 2 is 2.00 bits per heavy atom. The molecule has 1 unspecified atom stereocenters. The molecule has 2 aromatic heterocycles. The van der Waals surface area contributed by atoms with Gasteiger partial charge in [-0.15, -0.1) is 0 Å². The first-order chi connectivity index (χ1) is 13.5. The van der Waals surface area contributed by atoms with Gasteiger partial charge in [0, 0.05) is 33.8 Å². The maximum atomic E-state index is 11.6. The van der Waals surface area contributed by atoms with E-state index in [4.69, 9.17) is 16.7 Å². The van der Waals surface area contributed by atoms with Crippen molar-refractivity contribution < 1.29 is 15.0 Å². The van der Waals surface area contributed by atoms with Gasteiger partial charge in [0.2, 0.25) is 0 Å². The predicted molar refractivity (Wildman–Crippen MR) is 107 cm³/mol. The van der Waals surface area contributed by atoms with Crippen LogP contribution in [0.3, 0.4) is 0 Å². The van der Waals surface area contributed by atoms with Gasteiger partial charge < -0.3 is 10.2 Å². The minimum absolute atomic E-state index is 0.147. The number of aliphatic hydroxyl groups excluding tert-OH is 1. The number of carboxylic acids is 1. The van der Waals surface area contributed by atoms with Gasteiger partial charge in [0.15, 0.2) is 11.8 Å². The third-order valence-electron chi connectivity index (χ3n) is 5.49. The molecule has 0 saturated heterocycles. The first-order valence-corrected chi connectivity index (χ1v) is 9.90. The number of nitrogens with zero attached hydrogens (tertiary/aromatic N) is 3. The van der Waals surface area contributed by atoms with Gasteiger partial charge in [-0.2, -0.15) is 5.10 Å². The molecule has 0 aliphatic heterocycles. The van der Waals surface area contributed by atoms with Gasteiger partial charge >= 0.3 is 5.97 Å². The number of aryl methyl sites for hydroxylation is 1. The first kappa shape index (κ1) is 18.9. The van der Waals surface area contributed by atoms with Crippen LogP contribution < -0.4 is 0 Å². The van der Waals surface area contributed by atoms with E-state index in [1.807, 2.05) is 24.3 Å². The molecular weight excluding hydrogens is 378 g/mol. The van der Waals surface area contributed by atoms with E-state index in [2.05, 4.69) is 4.98 Å². The maximum absolute atomic E-state index is 11.6. The van der Waals surface area contributed by atoms with E-state index < -0.39 is 12.1 Å². The quantitative estimate of drug-likeness (QED) is 0.673. The Hall–Kier alpha value is -2.44. The van der Waals surface area contributed by atoms with Gasteiger partial charge in [0.05, 0.1) is 11.4 Å². The third kappa shape index (κ3) is 3.38. The highest BCUT2D eigenvalue weighted by molar-refractivity contribution is 6.30. The lowest BCUT2D eigenvalue weighted by Crippen LogP contribution is -2.21. The summed E-state index contributed by atoms with van der Waals surface area (Å²) in [7, 11) is 0. The molecule has 28 heavy (non-hydrogen) atoms. The molecule has 146 valence electrons. The van der Waals surface area contributed by atoms with Crippen LogP contribution >= 0.6 is 11.6 Å². The van der Waals surface area contributed by atoms with Crippen LogP contribution in [0.25, 0.3) is 16.9 Å². The van der Waals surface area contributed by atoms with Gasteiger partial charge in [0.1, 0.15) is 0 Å². The number of carboxylic acid groups (broad SMARTS) is 1. The van der Waals surface area contributed by atoms with Crippen molar-refractivity contribution >= 4 is 23.2 Å². The minimum Gasteiger partial charge on any atom is -0.479 e. The number of aliphatic carboxylic acids is 1. The smallest absolute Gasteiger partial charge is 0.337 e. The van der Waals surface area contributed by atoms with E-state index in [0.717, 1.165) is 36.9 Å². The first-order valence-electron chi connectivity index (χ1n) is 9.52. The summed E-state index contributed by atoms with van der Waals surface area (Å²) in [6.45, 7) is 1.75. The van der Waals surface area contributed by atoms with E-state index in [1.54, 1.807) is 17.5 Å². The lowest BCUT2D eigenvalue weighted by Gasteiger charge is -2.26. The summed E-state index contributed by atoms with van der Waals surface area (Å²) in [5, 5.41) is 25.2. The molecule has 1 fully saturated rings. The van der Waals surface area contributed by atoms with Crippen LogP contribution in [0.15, 0.2) is 30.3 Å². The normalized spacial score (nSPS) is 16.4. The number of hydrogen-bond acceptors (Lipinski definition) is 4. The third-order valence-corrected chi connectivity index (χ3v) is 5.72. The monoisotopic (exact) mass is 399 g/mol. The summed E-state index contributed by atoms with van der Waals surface area (Å²) in [5.41, 5.74) is 3.90. The fraction of sp³-hybridized carbons (Fsp3) is 0.381. The van der Waals surface area contributed by atoms with E-state index in [9.17, 15) is 15.0 Å². The van der Waals surface area contributed by atoms with Crippen molar-refractivity contribution in [2.24, 2.45) is 0 Å². The molecule has 3 aromatic rings. The van der Waals surface area contributed by atoms with Crippen molar-refractivity contribution in [3.8, 4) is 11.3 Å². The van der Waals surface area contributed by atoms with Crippen LogP contribution in [-0.4, -0.2) is 30.8 Å². The fourth-order valence-electron chi connectivity index (χ4n) is 4.18. The molecule has 1 aromatic carbocycles. The number of carbonyl (C=O) groups is 1. The Balaban J connectivity index is 1.95. The lowest BCUT2D eigenvalue weighted by molar-refractivity contribution is -0.147. The van der Waals surface area contributed by atoms with Crippen molar-refractivity contribution in [3.63, 3.8) is 0 Å². The van der Waals surface area contributed by atoms with Crippen molar-refractivity contribution in [2.45, 2.75) is 51.0 Å². The minimum atomic E-state index is -1.62. The van der Waals surface area contributed by atoms with Crippen LogP contribution in [0.5, 0.6) is 0 Å². The van der Waals surface area contributed by atoms with E-state index >= 15 is 0 Å². The van der Waals surface area contributed by atoms with E-state index in [1.165, 1.54) is 6.42 Å². The molecule has 0 radical (unpaired) electrons. The lowest BCUT2D eigenvalue weighted by atomic mass is 9.83. The number of aromatic nitrogens is 3. The molecule has 2 heterocycles. The van der Waals surface area contributed by atoms with Gasteiger partial charge in [-0.25, -0.2) is 14.3 Å². The van der Waals surface area contributed by atoms with Gasteiger partial charge in [-0.05, 0) is 31.9 Å². The van der Waals surface area contributed by atoms with Crippen molar-refractivity contribution in [3.05, 3.63) is 52.3 Å². The maximum Gasteiger partial charge on any atom is 0.337 e. The molecule has 0 spiro atoms. The molecule has 4 rings (SSSR count). The van der Waals surface area contributed by atoms with Crippen LogP contribution in [0.4, 0.5) is 0 Å². The molecule has 6 nitrogen and oxygen atoms in total. The van der Waals surface area contributed by atoms with Crippen molar-refractivity contribution in [1.29, 1.82) is 0 Å². The van der Waals surface area contributed by atoms with Crippen molar-refractivity contribution in [2.75, 3.05) is 0 Å². The van der Waals surface area contributed by atoms with Crippen LogP contribution in [-0.2, 0) is 4.79 Å². The van der Waals surface area contributed by atoms with Gasteiger partial charge in [-0.1, -0.05) is 43.0 Å². The summed E-state index contributed by atoms with van der Waals surface area (Å²) < 4.78 is 1.72. The Labute approximate surface area is 167 Å². The topological polar surface area (TPSA) is 87.7 Å². The highest BCUT2D eigenvalue weighted by atomic mass is 35.5. The highest BCUT2D eigenvalue weighted by Gasteiger charge is 2.30. The SMILES string of the molecule is Cc1nc2cc(-c3cccc(Cl)c3)nn2c(C2CCCCC2)c1C(O)C(=O)O. The van der Waals surface area contributed by atoms with E-state index in [0.29, 0.717) is 27.6 Å². The second-order valence-corrected chi connectivity index (χ2v) is 7.82. The van der Waals surface area contributed by atoms with Crippen LogP contribution in [0, 0.1) is 6.92 Å². The van der Waals surface area contributed by atoms with Crippen LogP contribution in [0.2, 0.25) is 5.02 Å². The summed E-state index contributed by atoms with van der Waals surface area (Å²) in [6, 6.07) is 9.30. The zero-order valence-corrected chi connectivity index (χ0v) is 16.4. The number of fused-ring (bicyclic) bond motifs is 1. The molecule has 1 atom stereocenters. The number of halogens is 1. The van der Waals surface area contributed by atoms with Crippen LogP contribution in [0.1, 0.15) is 61.1 Å². The van der Waals surface area contributed by atoms with Gasteiger partial charge in [-0.3, -0.25) is 0 Å². The Bertz CT molecular complexity index is 1040. The van der Waals surface area contributed by atoms with E-state index in [-0.39, 0.29) is 5.92 Å². The average Bonchev–Trinajstić information content (AvgIpc) is 3.10. The number of aliphatic hydroxyl groups is 1. The molecular formula is C21H22ClN3O3. The highest BCUT2D eigenvalue weighted by Crippen LogP contribution is 2.38. The summed E-state index contributed by atoms with van der Waals surface area (Å²) in [5.74, 6) is -1.13. The summed E-state index contributed by atoms with van der Waals surface area (Å²) >= 11 is 6.12. The van der Waals surface area contributed by atoms with Gasteiger partial charge in [0.25, 0.3) is 0 Å². The molecule has 1 saturated carbocycles. The summed E-state index contributed by atoms with van der Waals surface area (Å²) in [4.78, 5) is 16.1. The standard InChI is InChI=1S/C21H22ClN3O3/c1-12-18(20(26)21(27)28)19(13-6-3-2-4-7-13)25-17(23-12)11-16(24-25)14-8-5-9-15(22)10-14/h5,8-11,13,20,26H,2-4,6-7H2,1H3,(H,27,28). The number of benzene rings is 1. The molecule has 0 amide bonds. The zero-order valence-electron chi connectivity index (χ0n) is 15.6. The fourth-order valence-corrected chi connectivity index (χ4v) is 4.37. The largest absolute Gasteiger partial charge is 0.479 e. The number of rotatable bonds is 4. The Kier molecular flexibility index (Phi) is 5.08. The molecule has 7 heteroatoms. The Morgan fingerprint density at radius 1 is 1.25 bits per heavy atom. The second kappa shape index (κ2) is 7.53. The molecule has 1 aliphatic rings. The molecule has 2 N–H and O–H groups in total. The summed E-state index contributed by atoms with van der Waals surface area (Å²) in [6.07, 6.45) is 3.62. The molecule has 0 bridgehead atoms. The Morgan fingerprint density at radius 3 is 2.68 bits per heavy atom. The predicted octanol–water partition coefficient (Wildman–Crippen LogP) is 4.52. The number of hydrogen-bond donors (Lipinski definition) is 2. The zero-order chi connectivity index (χ0) is 19.8. The second-order valence-electron chi connectivity index (χ2n) is 7.38.